The number of nitrogens with zero attached hydrogens (tertiary/aromatic N) is 1. The third kappa shape index (κ3) is 4.41. The van der Waals surface area contributed by atoms with Crippen molar-refractivity contribution in [2.24, 2.45) is 0 Å². The fourth-order valence-electron chi connectivity index (χ4n) is 3.61. The number of carbonyl (C=O) groups is 1. The summed E-state index contributed by atoms with van der Waals surface area (Å²) in [6, 6.07) is 16.2. The van der Waals surface area contributed by atoms with Crippen LogP contribution in [-0.2, 0) is 16.4 Å². The molecule has 0 bridgehead atoms. The molecule has 32 heavy (non-hydrogen) atoms. The molecule has 0 radical (unpaired) electrons. The number of hydrogen-bond acceptors (Lipinski definition) is 4. The summed E-state index contributed by atoms with van der Waals surface area (Å²) in [5.74, 6) is 0.257. The molecular weight excluding hydrogens is 471 g/mol. The van der Waals surface area contributed by atoms with Crippen molar-refractivity contribution in [3.63, 3.8) is 0 Å². The fourth-order valence-corrected chi connectivity index (χ4v) is 5.44. The molecule has 0 fully saturated rings. The summed E-state index contributed by atoms with van der Waals surface area (Å²) in [5.41, 5.74) is 2.41. The average molecular weight is 491 g/mol. The Bertz CT molecular complexity index is 1280. The monoisotopic (exact) mass is 490 g/mol. The molecule has 3 aromatic carbocycles. The zero-order valence-electron chi connectivity index (χ0n) is 17.1. The van der Waals surface area contributed by atoms with E-state index < -0.39 is 10.0 Å². The van der Waals surface area contributed by atoms with Crippen LogP contribution in [0.1, 0.15) is 22.3 Å². The predicted octanol–water partition coefficient (Wildman–Crippen LogP) is 5.40. The number of benzene rings is 3. The van der Waals surface area contributed by atoms with Crippen LogP contribution in [0.15, 0.2) is 65.6 Å². The Morgan fingerprint density at radius 1 is 1.00 bits per heavy atom. The van der Waals surface area contributed by atoms with Gasteiger partial charge >= 0.3 is 0 Å². The van der Waals surface area contributed by atoms with E-state index in [2.05, 4.69) is 5.32 Å². The Balaban J connectivity index is 1.59. The number of aryl methyl sites for hydroxylation is 1. The quantitative estimate of drug-likeness (QED) is 0.519. The maximum absolute atomic E-state index is 13.2. The minimum atomic E-state index is -3.72. The number of fused-ring (bicyclic) bond motifs is 1. The maximum atomic E-state index is 13.2. The molecule has 9 heteroatoms. The number of ether oxygens (including phenoxy) is 1. The Morgan fingerprint density at radius 2 is 1.75 bits per heavy atom. The van der Waals surface area contributed by atoms with Gasteiger partial charge in [0, 0.05) is 17.8 Å². The largest absolute Gasteiger partial charge is 0.497 e. The van der Waals surface area contributed by atoms with Crippen LogP contribution in [0.3, 0.4) is 0 Å². The van der Waals surface area contributed by atoms with Gasteiger partial charge in [-0.1, -0.05) is 23.2 Å². The molecule has 1 aliphatic rings. The van der Waals surface area contributed by atoms with Crippen molar-refractivity contribution >= 4 is 50.5 Å². The lowest BCUT2D eigenvalue weighted by Crippen LogP contribution is -2.35. The minimum absolute atomic E-state index is 0.197. The fraction of sp³-hybridized carbons (Fsp3) is 0.174. The number of nitrogens with one attached hydrogen (secondary N) is 1. The summed E-state index contributed by atoms with van der Waals surface area (Å²) in [6.07, 6.45) is 1.38. The Morgan fingerprint density at radius 3 is 2.44 bits per heavy atom. The van der Waals surface area contributed by atoms with Gasteiger partial charge in [0.05, 0.1) is 27.7 Å². The second kappa shape index (κ2) is 9.02. The molecule has 0 aliphatic carbocycles. The first-order chi connectivity index (χ1) is 15.3. The SMILES string of the molecule is COc1ccc(S(=O)(=O)N2CCCc3cc(NC(=O)c4ccc(Cl)c(Cl)c4)ccc32)cc1. The van der Waals surface area contributed by atoms with Crippen LogP contribution >= 0.6 is 23.2 Å². The van der Waals surface area contributed by atoms with Gasteiger partial charge in [-0.05, 0) is 79.1 Å². The Labute approximate surface area is 196 Å². The van der Waals surface area contributed by atoms with E-state index in [0.29, 0.717) is 52.1 Å². The second-order valence-corrected chi connectivity index (χ2v) is 9.96. The highest BCUT2D eigenvalue weighted by Crippen LogP contribution is 2.34. The summed E-state index contributed by atoms with van der Waals surface area (Å²) < 4.78 is 33.0. The molecule has 0 unspecified atom stereocenters. The molecule has 0 spiro atoms. The molecular formula is C23H20Cl2N2O4S. The van der Waals surface area contributed by atoms with E-state index in [4.69, 9.17) is 27.9 Å². The van der Waals surface area contributed by atoms with Gasteiger partial charge in [-0.2, -0.15) is 0 Å². The lowest BCUT2D eigenvalue weighted by molar-refractivity contribution is 0.102. The number of anilines is 2. The summed E-state index contributed by atoms with van der Waals surface area (Å²) in [5, 5.41) is 3.50. The molecule has 6 nitrogen and oxygen atoms in total. The maximum Gasteiger partial charge on any atom is 0.264 e. The van der Waals surface area contributed by atoms with Gasteiger partial charge < -0.3 is 10.1 Å². The number of rotatable bonds is 5. The smallest absolute Gasteiger partial charge is 0.264 e. The highest BCUT2D eigenvalue weighted by Gasteiger charge is 2.29. The highest BCUT2D eigenvalue weighted by atomic mass is 35.5. The van der Waals surface area contributed by atoms with E-state index in [1.54, 1.807) is 42.5 Å². The first kappa shape index (κ1) is 22.5. The molecule has 0 saturated heterocycles. The molecule has 0 atom stereocenters. The van der Waals surface area contributed by atoms with E-state index in [9.17, 15) is 13.2 Å². The molecule has 4 rings (SSSR count). The van der Waals surface area contributed by atoms with Crippen molar-refractivity contribution in [1.82, 2.24) is 0 Å². The molecule has 1 N–H and O–H groups in total. The summed E-state index contributed by atoms with van der Waals surface area (Å²) in [6.45, 7) is 0.385. The van der Waals surface area contributed by atoms with Crippen molar-refractivity contribution in [2.75, 3.05) is 23.3 Å². The third-order valence-electron chi connectivity index (χ3n) is 5.24. The average Bonchev–Trinajstić information content (AvgIpc) is 2.80. The number of carbonyl (C=O) groups excluding carboxylic acids is 1. The lowest BCUT2D eigenvalue weighted by Gasteiger charge is -2.31. The van der Waals surface area contributed by atoms with E-state index in [1.807, 2.05) is 0 Å². The summed E-state index contributed by atoms with van der Waals surface area (Å²) in [7, 11) is -2.19. The van der Waals surface area contributed by atoms with Gasteiger partial charge in [0.15, 0.2) is 0 Å². The number of methoxy groups -OCH3 is 1. The van der Waals surface area contributed by atoms with Crippen molar-refractivity contribution in [3.05, 3.63) is 81.8 Å². The topological polar surface area (TPSA) is 75.7 Å². The number of sulfonamides is 1. The molecule has 1 amide bonds. The van der Waals surface area contributed by atoms with E-state index in [0.717, 1.165) is 5.56 Å². The molecule has 0 saturated carbocycles. The van der Waals surface area contributed by atoms with Gasteiger partial charge in [-0.25, -0.2) is 8.42 Å². The van der Waals surface area contributed by atoms with Crippen molar-refractivity contribution in [1.29, 1.82) is 0 Å². The molecule has 0 aromatic heterocycles. The van der Waals surface area contributed by atoms with Gasteiger partial charge in [-0.3, -0.25) is 9.10 Å². The Kier molecular flexibility index (Phi) is 6.33. The van der Waals surface area contributed by atoms with Crippen molar-refractivity contribution in [3.8, 4) is 5.75 Å². The van der Waals surface area contributed by atoms with Gasteiger partial charge in [0.1, 0.15) is 5.75 Å². The van der Waals surface area contributed by atoms with E-state index in [1.165, 1.54) is 29.6 Å². The lowest BCUT2D eigenvalue weighted by atomic mass is 10.0. The zero-order chi connectivity index (χ0) is 22.9. The first-order valence-corrected chi connectivity index (χ1v) is 12.1. The first-order valence-electron chi connectivity index (χ1n) is 9.86. The van der Waals surface area contributed by atoms with Gasteiger partial charge in [0.25, 0.3) is 15.9 Å². The van der Waals surface area contributed by atoms with Gasteiger partial charge in [0.2, 0.25) is 0 Å². The molecule has 166 valence electrons. The molecule has 3 aromatic rings. The van der Waals surface area contributed by atoms with Crippen LogP contribution < -0.4 is 14.4 Å². The number of hydrogen-bond donors (Lipinski definition) is 1. The van der Waals surface area contributed by atoms with E-state index in [-0.39, 0.29) is 10.8 Å². The molecule has 1 aliphatic heterocycles. The minimum Gasteiger partial charge on any atom is -0.497 e. The standard InChI is InChI=1S/C23H20Cl2N2O4S/c1-31-18-6-8-19(9-7-18)32(29,30)27-12-2-3-15-13-17(5-11-22(15)27)26-23(28)16-4-10-20(24)21(25)14-16/h4-11,13-14H,2-3,12H2,1H3,(H,26,28). The summed E-state index contributed by atoms with van der Waals surface area (Å²) in [4.78, 5) is 12.8. The molecule has 1 heterocycles. The van der Waals surface area contributed by atoms with Crippen LogP contribution in [-0.4, -0.2) is 28.0 Å². The summed E-state index contributed by atoms with van der Waals surface area (Å²) >= 11 is 11.9. The number of amides is 1. The van der Waals surface area contributed by atoms with E-state index >= 15 is 0 Å². The van der Waals surface area contributed by atoms with Crippen molar-refractivity contribution < 1.29 is 17.9 Å². The van der Waals surface area contributed by atoms with Crippen LogP contribution in [0.4, 0.5) is 11.4 Å². The van der Waals surface area contributed by atoms with Crippen LogP contribution in [0.2, 0.25) is 10.0 Å². The van der Waals surface area contributed by atoms with Crippen LogP contribution in [0.25, 0.3) is 0 Å². The van der Waals surface area contributed by atoms with Crippen LogP contribution in [0.5, 0.6) is 5.75 Å². The van der Waals surface area contributed by atoms with Crippen molar-refractivity contribution in [2.45, 2.75) is 17.7 Å². The highest BCUT2D eigenvalue weighted by molar-refractivity contribution is 7.92. The van der Waals surface area contributed by atoms with Gasteiger partial charge in [-0.15, -0.1) is 0 Å². The predicted molar refractivity (Wildman–Crippen MR) is 127 cm³/mol. The zero-order valence-corrected chi connectivity index (χ0v) is 19.5. The third-order valence-corrected chi connectivity index (χ3v) is 7.81. The van der Waals surface area contributed by atoms with Crippen LogP contribution in [0, 0.1) is 0 Å². The Hall–Kier alpha value is -2.74. The number of halogens is 2. The normalized spacial score (nSPS) is 13.4. The second-order valence-electron chi connectivity index (χ2n) is 7.28.